The van der Waals surface area contributed by atoms with Crippen LogP contribution in [0.1, 0.15) is 46.2 Å². The van der Waals surface area contributed by atoms with Gasteiger partial charge in [0.25, 0.3) is 5.91 Å². The number of allylic oxidation sites excluding steroid dienone is 4. The number of fused-ring (bicyclic) bond motifs is 4. The lowest BCUT2D eigenvalue weighted by Crippen LogP contribution is -2.43. The minimum Gasteiger partial charge on any atom is -0.370 e. The van der Waals surface area contributed by atoms with E-state index in [1.54, 1.807) is 0 Å². The average Bonchev–Trinajstić information content (AvgIpc) is 3.38. The fraction of sp³-hybridized carbons (Fsp3) is 0.320. The first kappa shape index (κ1) is 16.2. The van der Waals surface area contributed by atoms with E-state index in [2.05, 4.69) is 46.7 Å². The fourth-order valence-electron chi connectivity index (χ4n) is 5.73. The Balaban J connectivity index is 1.47. The van der Waals surface area contributed by atoms with Crippen molar-refractivity contribution in [3.05, 3.63) is 83.5 Å². The van der Waals surface area contributed by atoms with Gasteiger partial charge in [0.1, 0.15) is 0 Å². The topological polar surface area (TPSA) is 32.3 Å². The second-order valence-corrected chi connectivity index (χ2v) is 8.63. The zero-order chi connectivity index (χ0) is 18.7. The van der Waals surface area contributed by atoms with E-state index in [0.29, 0.717) is 23.7 Å². The van der Waals surface area contributed by atoms with E-state index in [4.69, 9.17) is 0 Å². The van der Waals surface area contributed by atoms with Gasteiger partial charge in [-0.15, -0.1) is 0 Å². The molecule has 0 radical (unpaired) electrons. The van der Waals surface area contributed by atoms with Gasteiger partial charge in [0.15, 0.2) is 0 Å². The summed E-state index contributed by atoms with van der Waals surface area (Å²) in [5.74, 6) is 2.20. The number of benzene rings is 2. The van der Waals surface area contributed by atoms with Crippen LogP contribution in [0, 0.1) is 11.8 Å². The third-order valence-corrected chi connectivity index (χ3v) is 6.99. The number of amides is 1. The van der Waals surface area contributed by atoms with E-state index in [9.17, 15) is 4.79 Å². The monoisotopic (exact) mass is 368 g/mol. The van der Waals surface area contributed by atoms with Crippen molar-refractivity contribution < 1.29 is 4.79 Å². The maximum Gasteiger partial charge on any atom is 0.255 e. The molecule has 3 heteroatoms. The Hall–Kier alpha value is -2.81. The number of nitrogens with one attached hydrogen (secondary N) is 1. The standard InChI is InChI=1S/C25H24N2O/c28-25(26-19-8-2-1-3-9-19)18-12-22-20-10-4-6-16(20)14-27-15-17-7-5-11-21(17)23(13-18)24(22)27/h1-5,8-13,16-17,20-21H,6-7,14-15H2,(H,26,28)/t16-,17+,20-,21-/m0/s1. The summed E-state index contributed by atoms with van der Waals surface area (Å²) in [5.41, 5.74) is 5.77. The third kappa shape index (κ3) is 2.39. The predicted molar refractivity (Wildman–Crippen MR) is 113 cm³/mol. The molecule has 1 N–H and O–H groups in total. The van der Waals surface area contributed by atoms with Gasteiger partial charge in [-0.3, -0.25) is 4.79 Å². The summed E-state index contributed by atoms with van der Waals surface area (Å²) in [4.78, 5) is 15.7. The van der Waals surface area contributed by atoms with E-state index in [1.165, 1.54) is 16.8 Å². The zero-order valence-corrected chi connectivity index (χ0v) is 15.8. The Kier molecular flexibility index (Phi) is 3.52. The highest BCUT2D eigenvalue weighted by atomic mass is 16.1. The van der Waals surface area contributed by atoms with Crippen molar-refractivity contribution in [1.29, 1.82) is 0 Å². The molecule has 1 amide bonds. The van der Waals surface area contributed by atoms with Crippen LogP contribution in [0.15, 0.2) is 66.8 Å². The normalized spacial score (nSPS) is 28.6. The van der Waals surface area contributed by atoms with Gasteiger partial charge in [-0.2, -0.15) is 0 Å². The molecule has 2 heterocycles. The summed E-state index contributed by atoms with van der Waals surface area (Å²) in [6.07, 6.45) is 11.7. The summed E-state index contributed by atoms with van der Waals surface area (Å²) < 4.78 is 0. The van der Waals surface area contributed by atoms with E-state index >= 15 is 0 Å². The summed E-state index contributed by atoms with van der Waals surface area (Å²) in [5, 5.41) is 3.08. The summed E-state index contributed by atoms with van der Waals surface area (Å²) in [6, 6.07) is 14.1. The van der Waals surface area contributed by atoms with Crippen LogP contribution in [0.2, 0.25) is 0 Å². The molecule has 0 aromatic heterocycles. The van der Waals surface area contributed by atoms with Gasteiger partial charge in [0.2, 0.25) is 0 Å². The predicted octanol–water partition coefficient (Wildman–Crippen LogP) is 5.09. The maximum atomic E-state index is 13.1. The van der Waals surface area contributed by atoms with E-state index in [1.807, 2.05) is 30.3 Å². The summed E-state index contributed by atoms with van der Waals surface area (Å²) >= 11 is 0. The first-order valence-electron chi connectivity index (χ1n) is 10.4. The van der Waals surface area contributed by atoms with Crippen LogP contribution in [0.3, 0.4) is 0 Å². The number of carbonyl (C=O) groups excluding carboxylic acids is 1. The number of hydrogen-bond acceptors (Lipinski definition) is 2. The molecule has 2 aromatic rings. The lowest BCUT2D eigenvalue weighted by Gasteiger charge is -2.46. The van der Waals surface area contributed by atoms with Gasteiger partial charge in [0, 0.05) is 41.9 Å². The van der Waals surface area contributed by atoms with Crippen molar-refractivity contribution in [3.8, 4) is 0 Å². The first-order chi connectivity index (χ1) is 13.8. The molecule has 0 fully saturated rings. The van der Waals surface area contributed by atoms with Gasteiger partial charge < -0.3 is 10.2 Å². The van der Waals surface area contributed by atoms with Gasteiger partial charge >= 0.3 is 0 Å². The van der Waals surface area contributed by atoms with Crippen molar-refractivity contribution in [2.24, 2.45) is 11.8 Å². The minimum absolute atomic E-state index is 0.00926. The van der Waals surface area contributed by atoms with Crippen LogP contribution < -0.4 is 10.2 Å². The quantitative estimate of drug-likeness (QED) is 0.749. The molecular formula is C25H24N2O. The first-order valence-corrected chi connectivity index (χ1v) is 10.4. The third-order valence-electron chi connectivity index (χ3n) is 6.99. The largest absolute Gasteiger partial charge is 0.370 e. The van der Waals surface area contributed by atoms with E-state index < -0.39 is 0 Å². The van der Waals surface area contributed by atoms with Crippen LogP contribution in [-0.4, -0.2) is 19.0 Å². The molecule has 6 rings (SSSR count). The Labute approximate surface area is 165 Å². The molecule has 140 valence electrons. The molecular weight excluding hydrogens is 344 g/mol. The van der Waals surface area contributed by atoms with E-state index in [-0.39, 0.29) is 5.91 Å². The van der Waals surface area contributed by atoms with E-state index in [0.717, 1.165) is 37.2 Å². The molecule has 0 bridgehead atoms. The Morgan fingerprint density at radius 1 is 0.893 bits per heavy atom. The van der Waals surface area contributed by atoms with Crippen LogP contribution in [0.25, 0.3) is 0 Å². The van der Waals surface area contributed by atoms with Crippen molar-refractivity contribution >= 4 is 17.3 Å². The van der Waals surface area contributed by atoms with Gasteiger partial charge in [-0.1, -0.05) is 42.5 Å². The number of hydrogen-bond donors (Lipinski definition) is 1. The van der Waals surface area contributed by atoms with Gasteiger partial charge in [-0.25, -0.2) is 0 Å². The number of anilines is 2. The molecule has 0 saturated carbocycles. The molecule has 28 heavy (non-hydrogen) atoms. The summed E-state index contributed by atoms with van der Waals surface area (Å²) in [7, 11) is 0. The van der Waals surface area contributed by atoms with Crippen LogP contribution >= 0.6 is 0 Å². The highest BCUT2D eigenvalue weighted by Gasteiger charge is 2.42. The highest BCUT2D eigenvalue weighted by Crippen LogP contribution is 2.53. The zero-order valence-electron chi connectivity index (χ0n) is 15.8. The second-order valence-electron chi connectivity index (χ2n) is 8.63. The molecule has 0 saturated heterocycles. The molecule has 3 nitrogen and oxygen atoms in total. The smallest absolute Gasteiger partial charge is 0.255 e. The molecule has 4 aliphatic rings. The average molecular weight is 368 g/mol. The van der Waals surface area contributed by atoms with Crippen LogP contribution in [-0.2, 0) is 0 Å². The molecule has 4 atom stereocenters. The number of nitrogens with zero attached hydrogens (tertiary/aromatic N) is 1. The molecule has 2 aromatic carbocycles. The van der Waals surface area contributed by atoms with Gasteiger partial charge in [-0.05, 0) is 60.1 Å². The Morgan fingerprint density at radius 2 is 1.50 bits per heavy atom. The van der Waals surface area contributed by atoms with Crippen LogP contribution in [0.4, 0.5) is 11.4 Å². The maximum absolute atomic E-state index is 13.1. The lowest BCUT2D eigenvalue weighted by atomic mass is 9.74. The molecule has 0 spiro atoms. The number of rotatable bonds is 2. The molecule has 2 aliphatic carbocycles. The van der Waals surface area contributed by atoms with Crippen molar-refractivity contribution in [2.45, 2.75) is 24.7 Å². The fourth-order valence-corrected chi connectivity index (χ4v) is 5.73. The van der Waals surface area contributed by atoms with Crippen LogP contribution in [0.5, 0.6) is 0 Å². The lowest BCUT2D eigenvalue weighted by molar-refractivity contribution is 0.102. The molecule has 0 unspecified atom stereocenters. The second kappa shape index (κ2) is 6.10. The van der Waals surface area contributed by atoms with Crippen molar-refractivity contribution in [2.75, 3.05) is 23.3 Å². The minimum atomic E-state index is -0.00926. The Morgan fingerprint density at radius 3 is 2.11 bits per heavy atom. The SMILES string of the molecule is O=C(Nc1ccccc1)c1cc2c3c(c1)[C@H]1C=CC[C@H]1CN3C[C@H]1CC=C[C@H]21. The Bertz CT molecular complexity index is 955. The summed E-state index contributed by atoms with van der Waals surface area (Å²) in [6.45, 7) is 2.30. The number of para-hydroxylation sites is 1. The van der Waals surface area contributed by atoms with Crippen molar-refractivity contribution in [1.82, 2.24) is 0 Å². The van der Waals surface area contributed by atoms with Gasteiger partial charge in [0.05, 0.1) is 0 Å². The molecule has 2 aliphatic heterocycles. The number of carbonyl (C=O) groups is 1. The highest BCUT2D eigenvalue weighted by molar-refractivity contribution is 6.05. The van der Waals surface area contributed by atoms with Crippen molar-refractivity contribution in [3.63, 3.8) is 0 Å².